The molecular weight excluding hydrogens is 310 g/mol. The summed E-state index contributed by atoms with van der Waals surface area (Å²) in [6.45, 7) is 1.14. The number of amides is 4. The van der Waals surface area contributed by atoms with Gasteiger partial charge in [-0.3, -0.25) is 14.5 Å². The van der Waals surface area contributed by atoms with Crippen molar-refractivity contribution in [3.63, 3.8) is 0 Å². The number of fused-ring (bicyclic) bond motifs is 1. The van der Waals surface area contributed by atoms with Crippen LogP contribution in [0.2, 0.25) is 0 Å². The van der Waals surface area contributed by atoms with E-state index < -0.39 is 6.04 Å². The van der Waals surface area contributed by atoms with Crippen molar-refractivity contribution in [2.24, 2.45) is 0 Å². The van der Waals surface area contributed by atoms with Crippen molar-refractivity contribution in [2.45, 2.75) is 31.8 Å². The fourth-order valence-corrected chi connectivity index (χ4v) is 3.05. The fourth-order valence-electron chi connectivity index (χ4n) is 3.05. The Labute approximate surface area is 140 Å². The predicted molar refractivity (Wildman–Crippen MR) is 86.4 cm³/mol. The van der Waals surface area contributed by atoms with Gasteiger partial charge in [0.1, 0.15) is 11.8 Å². The number of carbonyl (C=O) groups excluding carboxylic acids is 3. The van der Waals surface area contributed by atoms with Gasteiger partial charge in [-0.1, -0.05) is 12.1 Å². The summed E-state index contributed by atoms with van der Waals surface area (Å²) in [5.41, 5.74) is 2.15. The Morgan fingerprint density at radius 2 is 2.12 bits per heavy atom. The standard InChI is InChI=1S/C17H21N3O4/c1-19-13(16(22)20(2)17(19)23)9-15(21)18-10-11-5-6-14-12(8-11)4-3-7-24-14/h5-6,8,13H,3-4,7,9-10H2,1-2H3,(H,18,21). The van der Waals surface area contributed by atoms with E-state index in [0.29, 0.717) is 6.54 Å². The number of imide groups is 1. The Morgan fingerprint density at radius 1 is 1.33 bits per heavy atom. The molecule has 2 heterocycles. The summed E-state index contributed by atoms with van der Waals surface area (Å²) in [7, 11) is 2.96. The molecule has 1 saturated heterocycles. The van der Waals surface area contributed by atoms with Gasteiger partial charge < -0.3 is 15.0 Å². The van der Waals surface area contributed by atoms with Crippen LogP contribution in [0.1, 0.15) is 24.0 Å². The average Bonchev–Trinajstić information content (AvgIpc) is 2.77. The Morgan fingerprint density at radius 3 is 2.83 bits per heavy atom. The number of urea groups is 1. The van der Waals surface area contributed by atoms with E-state index >= 15 is 0 Å². The van der Waals surface area contributed by atoms with E-state index in [1.165, 1.54) is 19.0 Å². The predicted octanol–water partition coefficient (Wildman–Crippen LogP) is 0.910. The second kappa shape index (κ2) is 6.51. The van der Waals surface area contributed by atoms with Crippen molar-refractivity contribution in [1.82, 2.24) is 15.1 Å². The Kier molecular flexibility index (Phi) is 4.42. The van der Waals surface area contributed by atoms with Crippen molar-refractivity contribution in [2.75, 3.05) is 20.7 Å². The smallest absolute Gasteiger partial charge is 0.326 e. The highest BCUT2D eigenvalue weighted by molar-refractivity contribution is 6.05. The third kappa shape index (κ3) is 3.06. The van der Waals surface area contributed by atoms with Crippen LogP contribution in [0.3, 0.4) is 0 Å². The van der Waals surface area contributed by atoms with Gasteiger partial charge in [0.25, 0.3) is 5.91 Å². The minimum absolute atomic E-state index is 0.0283. The van der Waals surface area contributed by atoms with Gasteiger partial charge in [-0.2, -0.15) is 0 Å². The van der Waals surface area contributed by atoms with E-state index in [2.05, 4.69) is 5.32 Å². The molecule has 1 unspecified atom stereocenters. The molecule has 0 aromatic heterocycles. The molecule has 1 fully saturated rings. The van der Waals surface area contributed by atoms with Crippen LogP contribution >= 0.6 is 0 Å². The summed E-state index contributed by atoms with van der Waals surface area (Å²) in [5, 5.41) is 2.81. The molecule has 0 bridgehead atoms. The van der Waals surface area contributed by atoms with Crippen LogP contribution in [0, 0.1) is 0 Å². The van der Waals surface area contributed by atoms with Crippen LogP contribution in [0.5, 0.6) is 5.75 Å². The number of carbonyl (C=O) groups is 3. The zero-order chi connectivity index (χ0) is 17.3. The third-order valence-electron chi connectivity index (χ3n) is 4.51. The summed E-state index contributed by atoms with van der Waals surface area (Å²) in [4.78, 5) is 38.1. The van der Waals surface area contributed by atoms with Crippen molar-refractivity contribution in [1.29, 1.82) is 0 Å². The molecular formula is C17H21N3O4. The molecule has 0 spiro atoms. The highest BCUT2D eigenvalue weighted by atomic mass is 16.5. The first kappa shape index (κ1) is 16.3. The van der Waals surface area contributed by atoms with Gasteiger partial charge in [0.05, 0.1) is 13.0 Å². The topological polar surface area (TPSA) is 79.0 Å². The summed E-state index contributed by atoms with van der Waals surface area (Å²) in [6.07, 6.45) is 1.95. The van der Waals surface area contributed by atoms with Crippen LogP contribution in [0.25, 0.3) is 0 Å². The zero-order valence-corrected chi connectivity index (χ0v) is 13.9. The number of likely N-dealkylation sites (N-methyl/N-ethyl adjacent to an activating group) is 2. The quantitative estimate of drug-likeness (QED) is 0.832. The van der Waals surface area contributed by atoms with E-state index in [4.69, 9.17) is 4.74 Å². The monoisotopic (exact) mass is 331 g/mol. The molecule has 0 aliphatic carbocycles. The number of benzene rings is 1. The van der Waals surface area contributed by atoms with Crippen LogP contribution in [-0.4, -0.2) is 54.4 Å². The van der Waals surface area contributed by atoms with E-state index in [9.17, 15) is 14.4 Å². The van der Waals surface area contributed by atoms with Gasteiger partial charge in [-0.05, 0) is 30.0 Å². The van der Waals surface area contributed by atoms with E-state index in [0.717, 1.165) is 41.2 Å². The fraction of sp³-hybridized carbons (Fsp3) is 0.471. The number of hydrogen-bond donors (Lipinski definition) is 1. The molecule has 7 nitrogen and oxygen atoms in total. The highest BCUT2D eigenvalue weighted by Crippen LogP contribution is 2.25. The molecule has 7 heteroatoms. The first-order valence-electron chi connectivity index (χ1n) is 8.03. The van der Waals surface area contributed by atoms with E-state index in [1.807, 2.05) is 18.2 Å². The van der Waals surface area contributed by atoms with Gasteiger partial charge in [-0.15, -0.1) is 0 Å². The number of nitrogens with one attached hydrogen (secondary N) is 1. The average molecular weight is 331 g/mol. The van der Waals surface area contributed by atoms with Gasteiger partial charge in [-0.25, -0.2) is 4.79 Å². The minimum atomic E-state index is -0.723. The summed E-state index contributed by atoms with van der Waals surface area (Å²) < 4.78 is 5.57. The summed E-state index contributed by atoms with van der Waals surface area (Å²) in [5.74, 6) is 0.317. The van der Waals surface area contributed by atoms with Gasteiger partial charge in [0, 0.05) is 20.6 Å². The molecule has 1 N–H and O–H groups in total. The van der Waals surface area contributed by atoms with Gasteiger partial charge in [0.15, 0.2) is 0 Å². The minimum Gasteiger partial charge on any atom is -0.493 e. The lowest BCUT2D eigenvalue weighted by atomic mass is 10.0. The number of rotatable bonds is 4. The second-order valence-electron chi connectivity index (χ2n) is 6.18. The summed E-state index contributed by atoms with van der Waals surface area (Å²) >= 11 is 0. The van der Waals surface area contributed by atoms with E-state index in [-0.39, 0.29) is 24.3 Å². The van der Waals surface area contributed by atoms with Gasteiger partial charge in [0.2, 0.25) is 5.91 Å². The van der Waals surface area contributed by atoms with Crippen LogP contribution in [0.15, 0.2) is 18.2 Å². The lowest BCUT2D eigenvalue weighted by Gasteiger charge is -2.18. The molecule has 1 aromatic carbocycles. The molecule has 3 rings (SSSR count). The molecule has 1 atom stereocenters. The maximum absolute atomic E-state index is 12.1. The first-order valence-corrected chi connectivity index (χ1v) is 8.03. The van der Waals surface area contributed by atoms with Crippen LogP contribution in [0.4, 0.5) is 4.79 Å². The maximum atomic E-state index is 12.1. The molecule has 1 aromatic rings. The van der Waals surface area contributed by atoms with Crippen molar-refractivity contribution in [3.05, 3.63) is 29.3 Å². The number of ether oxygens (including phenoxy) is 1. The largest absolute Gasteiger partial charge is 0.493 e. The van der Waals surface area contributed by atoms with Crippen molar-refractivity contribution in [3.8, 4) is 5.75 Å². The molecule has 0 saturated carbocycles. The maximum Gasteiger partial charge on any atom is 0.326 e. The number of hydrogen-bond acceptors (Lipinski definition) is 4. The highest BCUT2D eigenvalue weighted by Gasteiger charge is 2.41. The first-order chi connectivity index (χ1) is 11.5. The molecule has 2 aliphatic rings. The lowest BCUT2D eigenvalue weighted by Crippen LogP contribution is -2.37. The third-order valence-corrected chi connectivity index (χ3v) is 4.51. The Balaban J connectivity index is 1.56. The van der Waals surface area contributed by atoms with Crippen LogP contribution < -0.4 is 10.1 Å². The molecule has 2 aliphatic heterocycles. The number of aryl methyl sites for hydroxylation is 1. The van der Waals surface area contributed by atoms with Crippen LogP contribution in [-0.2, 0) is 22.6 Å². The lowest BCUT2D eigenvalue weighted by molar-refractivity contribution is -0.131. The Hall–Kier alpha value is -2.57. The second-order valence-corrected chi connectivity index (χ2v) is 6.18. The molecule has 24 heavy (non-hydrogen) atoms. The molecule has 4 amide bonds. The normalized spacial score (nSPS) is 20.0. The summed E-state index contributed by atoms with van der Waals surface area (Å²) in [6, 6.07) is 4.79. The number of nitrogens with zero attached hydrogens (tertiary/aromatic N) is 2. The van der Waals surface area contributed by atoms with Gasteiger partial charge >= 0.3 is 6.03 Å². The Bertz CT molecular complexity index is 688. The molecule has 128 valence electrons. The molecule has 0 radical (unpaired) electrons. The van der Waals surface area contributed by atoms with E-state index in [1.54, 1.807) is 0 Å². The zero-order valence-electron chi connectivity index (χ0n) is 13.9. The van der Waals surface area contributed by atoms with Crippen molar-refractivity contribution >= 4 is 17.8 Å². The van der Waals surface area contributed by atoms with Crippen molar-refractivity contribution < 1.29 is 19.1 Å². The SMILES string of the molecule is CN1C(=O)C(CC(=O)NCc2ccc3c(c2)CCCO3)N(C)C1=O.